The minimum atomic E-state index is -1.14. The number of carboxylic acids is 1. The van der Waals surface area contributed by atoms with E-state index in [1.807, 2.05) is 0 Å². The van der Waals surface area contributed by atoms with Gasteiger partial charge in [-0.15, -0.1) is 0 Å². The highest BCUT2D eigenvalue weighted by Crippen LogP contribution is 2.21. The summed E-state index contributed by atoms with van der Waals surface area (Å²) < 4.78 is 0. The van der Waals surface area contributed by atoms with E-state index in [0.717, 1.165) is 6.42 Å². The molecule has 0 spiro atoms. The van der Waals surface area contributed by atoms with Crippen LogP contribution in [0.1, 0.15) is 16.8 Å². The van der Waals surface area contributed by atoms with Crippen LogP contribution < -0.4 is 11.1 Å². The molecule has 0 unspecified atom stereocenters. The van der Waals surface area contributed by atoms with Crippen molar-refractivity contribution in [3.63, 3.8) is 0 Å². The fourth-order valence-corrected chi connectivity index (χ4v) is 1.15. The maximum absolute atomic E-state index is 10.7. The van der Waals surface area contributed by atoms with Crippen LogP contribution in [0.25, 0.3) is 0 Å². The number of nitrogens with one attached hydrogen (secondary N) is 1. The third-order valence-corrected chi connectivity index (χ3v) is 1.94. The van der Waals surface area contributed by atoms with E-state index < -0.39 is 5.97 Å². The fraction of sp³-hybridized carbons (Fsp3) is 0.300. The molecule has 15 heavy (non-hydrogen) atoms. The normalized spacial score (nSPS) is 9.93. The monoisotopic (exact) mass is 210 g/mol. The Morgan fingerprint density at radius 3 is 2.80 bits per heavy atom. The number of aromatic carboxylic acids is 1. The zero-order valence-electron chi connectivity index (χ0n) is 8.23. The molecule has 0 aliphatic heterocycles. The first kappa shape index (κ1) is 11.3. The number of phenols is 1. The van der Waals surface area contributed by atoms with Crippen LogP contribution in [0.5, 0.6) is 5.75 Å². The Labute approximate surface area is 87.5 Å². The third kappa shape index (κ3) is 3.14. The fourth-order valence-electron chi connectivity index (χ4n) is 1.15. The second kappa shape index (κ2) is 5.21. The Kier molecular flexibility index (Phi) is 3.93. The maximum atomic E-state index is 10.7. The summed E-state index contributed by atoms with van der Waals surface area (Å²) in [6.45, 7) is 1.26. The molecule has 1 aromatic rings. The molecule has 0 saturated carbocycles. The average molecular weight is 210 g/mol. The van der Waals surface area contributed by atoms with Crippen LogP contribution in [0.4, 0.5) is 5.69 Å². The average Bonchev–Trinajstić information content (AvgIpc) is 2.20. The van der Waals surface area contributed by atoms with Crippen LogP contribution in [-0.2, 0) is 0 Å². The van der Waals surface area contributed by atoms with Crippen molar-refractivity contribution < 1.29 is 15.0 Å². The molecule has 0 aliphatic rings. The van der Waals surface area contributed by atoms with Gasteiger partial charge in [0.15, 0.2) is 0 Å². The van der Waals surface area contributed by atoms with E-state index in [4.69, 9.17) is 10.8 Å². The van der Waals surface area contributed by atoms with Gasteiger partial charge >= 0.3 is 5.97 Å². The lowest BCUT2D eigenvalue weighted by Crippen LogP contribution is -2.09. The molecule has 0 fully saturated rings. The molecule has 5 N–H and O–H groups in total. The molecule has 5 nitrogen and oxygen atoms in total. The van der Waals surface area contributed by atoms with Gasteiger partial charge in [-0.1, -0.05) is 0 Å². The van der Waals surface area contributed by atoms with E-state index in [0.29, 0.717) is 18.8 Å². The first-order valence-corrected chi connectivity index (χ1v) is 4.65. The molecule has 0 aromatic heterocycles. The number of carboxylic acid groups (broad SMARTS) is 1. The molecule has 0 bridgehead atoms. The number of anilines is 1. The second-order valence-corrected chi connectivity index (χ2v) is 3.11. The molecular weight excluding hydrogens is 196 g/mol. The predicted molar refractivity (Wildman–Crippen MR) is 57.2 cm³/mol. The summed E-state index contributed by atoms with van der Waals surface area (Å²) in [5, 5.41) is 21.0. The molecule has 1 aromatic carbocycles. The van der Waals surface area contributed by atoms with Crippen LogP contribution in [0.15, 0.2) is 18.2 Å². The van der Waals surface area contributed by atoms with Gasteiger partial charge < -0.3 is 21.3 Å². The van der Waals surface area contributed by atoms with Crippen LogP contribution in [0, 0.1) is 0 Å². The summed E-state index contributed by atoms with van der Waals surface area (Å²) in [5.74, 6) is -1.37. The van der Waals surface area contributed by atoms with Crippen molar-refractivity contribution in [1.82, 2.24) is 0 Å². The molecular formula is C10H14N2O3. The van der Waals surface area contributed by atoms with Gasteiger partial charge in [-0.25, -0.2) is 4.79 Å². The van der Waals surface area contributed by atoms with Crippen molar-refractivity contribution in [3.05, 3.63) is 23.8 Å². The second-order valence-electron chi connectivity index (χ2n) is 3.11. The van der Waals surface area contributed by atoms with Crippen LogP contribution >= 0.6 is 0 Å². The smallest absolute Gasteiger partial charge is 0.339 e. The standard InChI is InChI=1S/C10H14N2O3/c11-4-1-5-12-7-2-3-9(13)8(6-7)10(14)15/h2-3,6,12-13H,1,4-5,11H2,(H,14,15). The van der Waals surface area contributed by atoms with Crippen LogP contribution in [-0.4, -0.2) is 29.3 Å². The largest absolute Gasteiger partial charge is 0.507 e. The minimum Gasteiger partial charge on any atom is -0.507 e. The molecule has 1 rings (SSSR count). The molecule has 82 valence electrons. The Balaban J connectivity index is 2.74. The lowest BCUT2D eigenvalue weighted by atomic mass is 10.2. The molecule has 0 saturated heterocycles. The lowest BCUT2D eigenvalue weighted by molar-refractivity contribution is 0.0694. The number of hydrogen-bond acceptors (Lipinski definition) is 4. The predicted octanol–water partition coefficient (Wildman–Crippen LogP) is 0.851. The third-order valence-electron chi connectivity index (χ3n) is 1.94. The molecule has 0 amide bonds. The summed E-state index contributed by atoms with van der Waals surface area (Å²) >= 11 is 0. The number of rotatable bonds is 5. The summed E-state index contributed by atoms with van der Waals surface area (Å²) in [6, 6.07) is 4.38. The zero-order valence-corrected chi connectivity index (χ0v) is 8.23. The van der Waals surface area contributed by atoms with E-state index in [-0.39, 0.29) is 11.3 Å². The van der Waals surface area contributed by atoms with Gasteiger partial charge in [0.1, 0.15) is 11.3 Å². The summed E-state index contributed by atoms with van der Waals surface area (Å²) in [4.78, 5) is 10.7. The molecule has 0 radical (unpaired) electrons. The SMILES string of the molecule is NCCCNc1ccc(O)c(C(=O)O)c1. The summed E-state index contributed by atoms with van der Waals surface area (Å²) in [6.07, 6.45) is 0.809. The highest BCUT2D eigenvalue weighted by atomic mass is 16.4. The van der Waals surface area contributed by atoms with E-state index in [1.165, 1.54) is 12.1 Å². The summed E-state index contributed by atoms with van der Waals surface area (Å²) in [7, 11) is 0. The van der Waals surface area contributed by atoms with Crippen LogP contribution in [0.2, 0.25) is 0 Å². The van der Waals surface area contributed by atoms with E-state index >= 15 is 0 Å². The molecule has 5 heteroatoms. The molecule has 0 atom stereocenters. The highest BCUT2D eigenvalue weighted by molar-refractivity contribution is 5.91. The highest BCUT2D eigenvalue weighted by Gasteiger charge is 2.09. The number of benzene rings is 1. The van der Waals surface area contributed by atoms with Crippen molar-refractivity contribution >= 4 is 11.7 Å². The Bertz CT molecular complexity index is 353. The van der Waals surface area contributed by atoms with Gasteiger partial charge in [0.25, 0.3) is 0 Å². The quantitative estimate of drug-likeness (QED) is 0.427. The molecule has 0 heterocycles. The van der Waals surface area contributed by atoms with E-state index in [9.17, 15) is 9.90 Å². The lowest BCUT2D eigenvalue weighted by Gasteiger charge is -2.07. The first-order chi connectivity index (χ1) is 7.15. The molecule has 0 aliphatic carbocycles. The number of nitrogens with two attached hydrogens (primary N) is 1. The minimum absolute atomic E-state index is 0.104. The van der Waals surface area contributed by atoms with Crippen molar-refractivity contribution in [2.75, 3.05) is 18.4 Å². The van der Waals surface area contributed by atoms with E-state index in [1.54, 1.807) is 6.07 Å². The van der Waals surface area contributed by atoms with Gasteiger partial charge in [-0.2, -0.15) is 0 Å². The van der Waals surface area contributed by atoms with E-state index in [2.05, 4.69) is 5.32 Å². The van der Waals surface area contributed by atoms with Gasteiger partial charge in [-0.05, 0) is 31.2 Å². The summed E-state index contributed by atoms with van der Waals surface area (Å²) in [5.41, 5.74) is 5.88. The Morgan fingerprint density at radius 1 is 1.47 bits per heavy atom. The Hall–Kier alpha value is -1.75. The van der Waals surface area contributed by atoms with Crippen molar-refractivity contribution in [2.45, 2.75) is 6.42 Å². The number of hydrogen-bond donors (Lipinski definition) is 4. The number of carbonyl (C=O) groups is 1. The zero-order chi connectivity index (χ0) is 11.3. The van der Waals surface area contributed by atoms with Crippen LogP contribution in [0.3, 0.4) is 0 Å². The van der Waals surface area contributed by atoms with Crippen molar-refractivity contribution in [3.8, 4) is 5.75 Å². The van der Waals surface area contributed by atoms with Crippen molar-refractivity contribution in [1.29, 1.82) is 0 Å². The van der Waals surface area contributed by atoms with Gasteiger partial charge in [0, 0.05) is 12.2 Å². The van der Waals surface area contributed by atoms with Gasteiger partial charge in [0.2, 0.25) is 0 Å². The first-order valence-electron chi connectivity index (χ1n) is 4.65. The van der Waals surface area contributed by atoms with Gasteiger partial charge in [-0.3, -0.25) is 0 Å². The van der Waals surface area contributed by atoms with Crippen molar-refractivity contribution in [2.24, 2.45) is 5.73 Å². The maximum Gasteiger partial charge on any atom is 0.339 e. The van der Waals surface area contributed by atoms with Gasteiger partial charge in [0.05, 0.1) is 0 Å². The topological polar surface area (TPSA) is 95.6 Å². The number of aromatic hydroxyl groups is 1. The Morgan fingerprint density at radius 2 is 2.20 bits per heavy atom.